The zero-order valence-corrected chi connectivity index (χ0v) is 14.5. The van der Waals surface area contributed by atoms with E-state index in [0.717, 1.165) is 44.9 Å². The Hall–Kier alpha value is -1.14. The number of aliphatic carboxylic acids is 2. The van der Waals surface area contributed by atoms with Gasteiger partial charge in [0.05, 0.1) is 18.6 Å². The predicted molar refractivity (Wildman–Crippen MR) is 89.4 cm³/mol. The number of carboxylic acid groups (broad SMARTS) is 2. The van der Waals surface area contributed by atoms with Gasteiger partial charge in [-0.3, -0.25) is 9.59 Å². The Morgan fingerprint density at radius 1 is 0.913 bits per heavy atom. The number of rotatable bonds is 13. The van der Waals surface area contributed by atoms with Gasteiger partial charge < -0.3 is 20.4 Å². The van der Waals surface area contributed by atoms with Crippen molar-refractivity contribution in [1.29, 1.82) is 0 Å². The Morgan fingerprint density at radius 2 is 1.48 bits per heavy atom. The second kappa shape index (κ2) is 17.2. The van der Waals surface area contributed by atoms with E-state index in [9.17, 15) is 9.59 Å². The average Bonchev–Trinajstić information content (AvgIpc) is 2.50. The highest BCUT2D eigenvalue weighted by Gasteiger charge is 2.20. The number of hydrogen-bond donors (Lipinski definition) is 4. The van der Waals surface area contributed by atoms with Crippen molar-refractivity contribution in [2.45, 2.75) is 84.2 Å². The molecule has 0 spiro atoms. The zero-order valence-electron chi connectivity index (χ0n) is 14.5. The maximum atomic E-state index is 10.8. The van der Waals surface area contributed by atoms with Crippen LogP contribution in [0.15, 0.2) is 0 Å². The SMILES string of the molecule is CCCCCC(=O)O.CCCCCCC(CC(O)CO)C(=O)O. The Morgan fingerprint density at radius 3 is 1.91 bits per heavy atom. The summed E-state index contributed by atoms with van der Waals surface area (Å²) >= 11 is 0. The first kappa shape index (κ1) is 24.1. The number of carbonyl (C=O) groups is 2. The molecular formula is C17H34O6. The molecule has 2 atom stereocenters. The molecule has 0 radical (unpaired) electrons. The van der Waals surface area contributed by atoms with Gasteiger partial charge in [-0.25, -0.2) is 0 Å². The van der Waals surface area contributed by atoms with Gasteiger partial charge in [-0.2, -0.15) is 0 Å². The van der Waals surface area contributed by atoms with Gasteiger partial charge in [0.25, 0.3) is 0 Å². The second-order valence-corrected chi connectivity index (χ2v) is 5.81. The van der Waals surface area contributed by atoms with Crippen LogP contribution in [0, 0.1) is 5.92 Å². The highest BCUT2D eigenvalue weighted by atomic mass is 16.4. The molecule has 0 saturated heterocycles. The molecule has 0 fully saturated rings. The van der Waals surface area contributed by atoms with Crippen LogP contribution in [0.5, 0.6) is 0 Å². The quantitative estimate of drug-likeness (QED) is 0.385. The van der Waals surface area contributed by atoms with E-state index < -0.39 is 24.0 Å². The minimum Gasteiger partial charge on any atom is -0.481 e. The van der Waals surface area contributed by atoms with E-state index in [4.69, 9.17) is 20.4 Å². The lowest BCUT2D eigenvalue weighted by Crippen LogP contribution is -2.23. The number of carboxylic acids is 2. The summed E-state index contributed by atoms with van der Waals surface area (Å²) in [6.07, 6.45) is 7.27. The van der Waals surface area contributed by atoms with Crippen molar-refractivity contribution >= 4 is 11.9 Å². The first-order valence-corrected chi connectivity index (χ1v) is 8.62. The summed E-state index contributed by atoms with van der Waals surface area (Å²) in [4.78, 5) is 20.7. The lowest BCUT2D eigenvalue weighted by molar-refractivity contribution is -0.143. The van der Waals surface area contributed by atoms with Gasteiger partial charge in [0.1, 0.15) is 0 Å². The molecule has 4 N–H and O–H groups in total. The zero-order chi connectivity index (χ0) is 18.1. The molecule has 0 aliphatic heterocycles. The summed E-state index contributed by atoms with van der Waals surface area (Å²) in [5, 5.41) is 34.8. The molecule has 0 aromatic heterocycles. The predicted octanol–water partition coefficient (Wildman–Crippen LogP) is 3.05. The molecule has 0 aromatic carbocycles. The van der Waals surface area contributed by atoms with Crippen LogP contribution in [-0.2, 0) is 9.59 Å². The molecule has 23 heavy (non-hydrogen) atoms. The molecule has 0 saturated carbocycles. The molecule has 0 heterocycles. The third kappa shape index (κ3) is 18.8. The largest absolute Gasteiger partial charge is 0.481 e. The van der Waals surface area contributed by atoms with E-state index in [1.165, 1.54) is 0 Å². The van der Waals surface area contributed by atoms with E-state index >= 15 is 0 Å². The number of aliphatic hydroxyl groups excluding tert-OH is 2. The molecule has 2 unspecified atom stereocenters. The van der Waals surface area contributed by atoms with Crippen LogP contribution in [-0.4, -0.2) is 45.1 Å². The van der Waals surface area contributed by atoms with Gasteiger partial charge in [0.15, 0.2) is 0 Å². The Labute approximate surface area is 139 Å². The van der Waals surface area contributed by atoms with Gasteiger partial charge in [-0.1, -0.05) is 52.4 Å². The van der Waals surface area contributed by atoms with Crippen LogP contribution in [0.1, 0.15) is 78.1 Å². The van der Waals surface area contributed by atoms with Gasteiger partial charge >= 0.3 is 11.9 Å². The van der Waals surface area contributed by atoms with E-state index in [1.54, 1.807) is 0 Å². The molecule has 0 bridgehead atoms. The molecule has 0 rings (SSSR count). The second-order valence-electron chi connectivity index (χ2n) is 5.81. The van der Waals surface area contributed by atoms with Crippen molar-refractivity contribution in [2.75, 3.05) is 6.61 Å². The summed E-state index contributed by atoms with van der Waals surface area (Å²) < 4.78 is 0. The monoisotopic (exact) mass is 334 g/mol. The summed E-state index contributed by atoms with van der Waals surface area (Å²) in [7, 11) is 0. The maximum absolute atomic E-state index is 10.8. The van der Waals surface area contributed by atoms with Crippen molar-refractivity contribution in [3.63, 3.8) is 0 Å². The summed E-state index contributed by atoms with van der Waals surface area (Å²) in [6.45, 7) is 3.80. The van der Waals surface area contributed by atoms with Crippen molar-refractivity contribution in [1.82, 2.24) is 0 Å². The minimum atomic E-state index is -0.905. The van der Waals surface area contributed by atoms with Crippen molar-refractivity contribution in [2.24, 2.45) is 5.92 Å². The molecule has 6 nitrogen and oxygen atoms in total. The Kier molecular flexibility index (Phi) is 18.1. The van der Waals surface area contributed by atoms with Crippen molar-refractivity contribution < 1.29 is 30.0 Å². The smallest absolute Gasteiger partial charge is 0.306 e. The van der Waals surface area contributed by atoms with Crippen LogP contribution >= 0.6 is 0 Å². The van der Waals surface area contributed by atoms with Crippen LogP contribution < -0.4 is 0 Å². The van der Waals surface area contributed by atoms with E-state index in [0.29, 0.717) is 12.8 Å². The standard InChI is InChI=1S/C11H22O4.C6H12O2/c1-2-3-4-5-6-9(11(14)15)7-10(13)8-12;1-2-3-4-5-6(7)8/h9-10,12-13H,2-8H2,1H3,(H,14,15);2-5H2,1H3,(H,7,8). The van der Waals surface area contributed by atoms with Crippen LogP contribution in [0.3, 0.4) is 0 Å². The third-order valence-electron chi connectivity index (χ3n) is 3.52. The number of unbranched alkanes of at least 4 members (excludes halogenated alkanes) is 5. The Balaban J connectivity index is 0. The summed E-state index contributed by atoms with van der Waals surface area (Å²) in [6, 6.07) is 0. The fourth-order valence-electron chi connectivity index (χ4n) is 2.09. The highest BCUT2D eigenvalue weighted by Crippen LogP contribution is 2.16. The number of aliphatic hydroxyl groups is 2. The van der Waals surface area contributed by atoms with Gasteiger partial charge in [0.2, 0.25) is 0 Å². The van der Waals surface area contributed by atoms with Gasteiger partial charge in [0, 0.05) is 6.42 Å². The summed E-state index contributed by atoms with van der Waals surface area (Å²) in [5.74, 6) is -2.08. The molecular weight excluding hydrogens is 300 g/mol. The maximum Gasteiger partial charge on any atom is 0.306 e. The van der Waals surface area contributed by atoms with Crippen LogP contribution in [0.25, 0.3) is 0 Å². The number of hydrogen-bond acceptors (Lipinski definition) is 4. The molecule has 0 aliphatic rings. The highest BCUT2D eigenvalue weighted by molar-refractivity contribution is 5.69. The average molecular weight is 334 g/mol. The van der Waals surface area contributed by atoms with E-state index in [-0.39, 0.29) is 13.0 Å². The minimum absolute atomic E-state index is 0.151. The summed E-state index contributed by atoms with van der Waals surface area (Å²) in [5.41, 5.74) is 0. The first-order chi connectivity index (χ1) is 10.9. The van der Waals surface area contributed by atoms with Crippen LogP contribution in [0.4, 0.5) is 0 Å². The molecule has 0 amide bonds. The molecule has 0 aromatic rings. The lowest BCUT2D eigenvalue weighted by atomic mass is 9.95. The fourth-order valence-corrected chi connectivity index (χ4v) is 2.09. The fraction of sp³-hybridized carbons (Fsp3) is 0.882. The van der Waals surface area contributed by atoms with E-state index in [1.807, 2.05) is 0 Å². The van der Waals surface area contributed by atoms with Crippen molar-refractivity contribution in [3.05, 3.63) is 0 Å². The molecule has 0 aliphatic carbocycles. The van der Waals surface area contributed by atoms with Crippen LogP contribution in [0.2, 0.25) is 0 Å². The van der Waals surface area contributed by atoms with Crippen molar-refractivity contribution in [3.8, 4) is 0 Å². The third-order valence-corrected chi connectivity index (χ3v) is 3.52. The normalized spacial score (nSPS) is 12.9. The Bertz CT molecular complexity index is 293. The lowest BCUT2D eigenvalue weighted by Gasteiger charge is -2.14. The topological polar surface area (TPSA) is 115 Å². The van der Waals surface area contributed by atoms with Gasteiger partial charge in [-0.15, -0.1) is 0 Å². The van der Waals surface area contributed by atoms with Gasteiger partial charge in [-0.05, 0) is 19.3 Å². The molecule has 138 valence electrons. The first-order valence-electron chi connectivity index (χ1n) is 8.62. The van der Waals surface area contributed by atoms with E-state index in [2.05, 4.69) is 13.8 Å². The molecule has 6 heteroatoms.